The number of amides is 1. The van der Waals surface area contributed by atoms with Gasteiger partial charge in [-0.2, -0.15) is 5.06 Å². The van der Waals surface area contributed by atoms with Gasteiger partial charge in [0.2, 0.25) is 0 Å². The first-order valence-electron chi connectivity index (χ1n) is 14.9. The van der Waals surface area contributed by atoms with E-state index in [-0.39, 0.29) is 23.0 Å². The van der Waals surface area contributed by atoms with E-state index in [1.807, 2.05) is 0 Å². The lowest BCUT2D eigenvalue weighted by molar-refractivity contribution is -0.0908. The van der Waals surface area contributed by atoms with Gasteiger partial charge in [0.25, 0.3) is 0 Å². The SMILES string of the molecule is CC[C@H]1[C@@H](O)[C@@H]2C[C@H](CC[C@]3(C)[C@@H]([C@H](C)CCCOC(=O)N(C)OC)CC[C@@H]23)[C@@]2(C)CC[C@@H](O)C[C@@H]12. The smallest absolute Gasteiger partial charge is 0.433 e. The van der Waals surface area contributed by atoms with Crippen LogP contribution in [-0.2, 0) is 9.57 Å². The minimum atomic E-state index is -0.438. The summed E-state index contributed by atoms with van der Waals surface area (Å²) in [5.41, 5.74) is 0.507. The van der Waals surface area contributed by atoms with Gasteiger partial charge in [0.05, 0.1) is 25.9 Å². The van der Waals surface area contributed by atoms with E-state index in [0.29, 0.717) is 48.0 Å². The van der Waals surface area contributed by atoms with Crippen molar-refractivity contribution in [3.63, 3.8) is 0 Å². The molecule has 0 aromatic rings. The second kappa shape index (κ2) is 11.1. The van der Waals surface area contributed by atoms with Gasteiger partial charge in [-0.3, -0.25) is 4.84 Å². The summed E-state index contributed by atoms with van der Waals surface area (Å²) >= 11 is 0. The second-order valence-corrected chi connectivity index (χ2v) is 13.4. The first kappa shape index (κ1) is 28.2. The van der Waals surface area contributed by atoms with Crippen molar-refractivity contribution in [3.05, 3.63) is 0 Å². The molecule has 0 aromatic heterocycles. The predicted octanol–water partition coefficient (Wildman–Crippen LogP) is 6.05. The number of nitrogens with zero attached hydrogens (tertiary/aromatic N) is 1. The van der Waals surface area contributed by atoms with Crippen molar-refractivity contribution < 1.29 is 24.6 Å². The Balaban J connectivity index is 1.48. The van der Waals surface area contributed by atoms with Crippen LogP contribution in [0.4, 0.5) is 4.79 Å². The number of aliphatic hydroxyl groups excluding tert-OH is 2. The van der Waals surface area contributed by atoms with E-state index in [4.69, 9.17) is 9.57 Å². The van der Waals surface area contributed by atoms with Gasteiger partial charge in [-0.05, 0) is 116 Å². The molecule has 208 valence electrons. The molecule has 6 heteroatoms. The Morgan fingerprint density at radius 2 is 1.78 bits per heavy atom. The maximum Gasteiger partial charge on any atom is 0.433 e. The summed E-state index contributed by atoms with van der Waals surface area (Å²) in [5, 5.41) is 23.7. The molecule has 36 heavy (non-hydrogen) atoms. The maximum absolute atomic E-state index is 12.0. The summed E-state index contributed by atoms with van der Waals surface area (Å²) in [6, 6.07) is 0. The zero-order valence-corrected chi connectivity index (χ0v) is 23.7. The number of hydroxylamine groups is 2. The number of rotatable bonds is 7. The van der Waals surface area contributed by atoms with Crippen molar-refractivity contribution in [3.8, 4) is 0 Å². The molecule has 0 aromatic carbocycles. The van der Waals surface area contributed by atoms with E-state index in [0.717, 1.165) is 43.6 Å². The van der Waals surface area contributed by atoms with Crippen molar-refractivity contribution >= 4 is 6.09 Å². The fourth-order valence-electron chi connectivity index (χ4n) is 9.90. The average Bonchev–Trinajstić information content (AvgIpc) is 3.07. The van der Waals surface area contributed by atoms with Crippen LogP contribution in [-0.4, -0.2) is 54.3 Å². The molecule has 0 radical (unpaired) electrons. The minimum absolute atomic E-state index is 0.194. The van der Waals surface area contributed by atoms with E-state index in [1.165, 1.54) is 39.2 Å². The largest absolute Gasteiger partial charge is 0.448 e. The van der Waals surface area contributed by atoms with Gasteiger partial charge in [0.15, 0.2) is 0 Å². The van der Waals surface area contributed by atoms with Crippen molar-refractivity contribution in [2.45, 2.75) is 111 Å². The number of hydrogen-bond acceptors (Lipinski definition) is 5. The van der Waals surface area contributed by atoms with Crippen LogP contribution in [0, 0.1) is 52.3 Å². The Labute approximate surface area is 219 Å². The van der Waals surface area contributed by atoms with Gasteiger partial charge in [0, 0.05) is 7.05 Å². The van der Waals surface area contributed by atoms with Gasteiger partial charge in [-0.25, -0.2) is 4.79 Å². The minimum Gasteiger partial charge on any atom is -0.448 e. The van der Waals surface area contributed by atoms with E-state index < -0.39 is 6.09 Å². The molecule has 0 unspecified atom stereocenters. The molecule has 11 atom stereocenters. The summed E-state index contributed by atoms with van der Waals surface area (Å²) in [5.74, 6) is 3.60. The van der Waals surface area contributed by atoms with Gasteiger partial charge in [-0.1, -0.05) is 34.1 Å². The molecule has 1 amide bonds. The molecular weight excluding hydrogens is 454 g/mol. The highest BCUT2D eigenvalue weighted by Crippen LogP contribution is 2.66. The van der Waals surface area contributed by atoms with Crippen molar-refractivity contribution in [2.75, 3.05) is 20.8 Å². The average molecular weight is 508 g/mol. The van der Waals surface area contributed by atoms with E-state index >= 15 is 0 Å². The first-order valence-corrected chi connectivity index (χ1v) is 14.9. The van der Waals surface area contributed by atoms with Crippen LogP contribution in [0.3, 0.4) is 0 Å². The lowest BCUT2D eigenvalue weighted by atomic mass is 9.55. The van der Waals surface area contributed by atoms with E-state index in [9.17, 15) is 15.0 Å². The summed E-state index contributed by atoms with van der Waals surface area (Å²) in [6.07, 6.45) is 11.1. The van der Waals surface area contributed by atoms with Crippen LogP contribution in [0.15, 0.2) is 0 Å². The van der Waals surface area contributed by atoms with Crippen molar-refractivity contribution in [1.82, 2.24) is 5.06 Å². The summed E-state index contributed by atoms with van der Waals surface area (Å²) in [4.78, 5) is 16.7. The molecular formula is C30H53NO5. The zero-order valence-electron chi connectivity index (χ0n) is 23.7. The third kappa shape index (κ3) is 4.96. The number of carbonyl (C=O) groups excluding carboxylic acids is 1. The van der Waals surface area contributed by atoms with Crippen LogP contribution in [0.25, 0.3) is 0 Å². The Morgan fingerprint density at radius 1 is 1.06 bits per heavy atom. The van der Waals surface area contributed by atoms with Crippen LogP contribution < -0.4 is 0 Å². The third-order valence-electron chi connectivity index (χ3n) is 12.0. The molecule has 4 aliphatic carbocycles. The molecule has 0 aliphatic heterocycles. The van der Waals surface area contributed by atoms with Crippen LogP contribution >= 0.6 is 0 Å². The Hall–Kier alpha value is -0.850. The number of carbonyl (C=O) groups is 1. The Kier molecular flexibility index (Phi) is 8.68. The molecule has 0 heterocycles. The summed E-state index contributed by atoms with van der Waals surface area (Å²) in [6.45, 7) is 10.1. The standard InChI is InChI=1S/C30H53NO5/c1-7-22-26-18-21(32)13-15-29(26,3)20-12-14-30(4)24(10-11-25(30)23(17-20)27(22)33)19(2)9-8-16-36-28(34)31(5)35-6/h19-27,32-33H,7-18H2,1-6H3/t19-,20+,21-,22-,23-,24-,25+,26+,27-,29-,30-/m1/s1. The number of aliphatic hydroxyl groups is 2. The quantitative estimate of drug-likeness (QED) is 0.324. The highest BCUT2D eigenvalue weighted by Gasteiger charge is 2.60. The van der Waals surface area contributed by atoms with Crippen molar-refractivity contribution in [2.24, 2.45) is 52.3 Å². The highest BCUT2D eigenvalue weighted by atomic mass is 16.7. The normalized spacial score (nSPS) is 45.1. The first-order chi connectivity index (χ1) is 17.1. The van der Waals surface area contributed by atoms with Crippen LogP contribution in [0.5, 0.6) is 0 Å². The van der Waals surface area contributed by atoms with Crippen LogP contribution in [0.1, 0.15) is 98.3 Å². The van der Waals surface area contributed by atoms with E-state index in [1.54, 1.807) is 7.05 Å². The lowest BCUT2D eigenvalue weighted by Gasteiger charge is -2.51. The van der Waals surface area contributed by atoms with Gasteiger partial charge in [0.1, 0.15) is 0 Å². The Bertz CT molecular complexity index is 762. The second-order valence-electron chi connectivity index (χ2n) is 13.4. The van der Waals surface area contributed by atoms with Crippen molar-refractivity contribution in [1.29, 1.82) is 0 Å². The molecule has 4 aliphatic rings. The molecule has 4 rings (SSSR count). The molecule has 6 nitrogen and oxygen atoms in total. The van der Waals surface area contributed by atoms with Gasteiger partial charge >= 0.3 is 6.09 Å². The summed E-state index contributed by atoms with van der Waals surface area (Å²) in [7, 11) is 3.02. The lowest BCUT2D eigenvalue weighted by Crippen LogP contribution is -2.47. The molecule has 0 spiro atoms. The van der Waals surface area contributed by atoms with Gasteiger partial charge in [-0.15, -0.1) is 0 Å². The number of ether oxygens (including phenoxy) is 1. The fourth-order valence-corrected chi connectivity index (χ4v) is 9.90. The summed E-state index contributed by atoms with van der Waals surface area (Å²) < 4.78 is 5.35. The molecule has 4 saturated carbocycles. The third-order valence-corrected chi connectivity index (χ3v) is 12.0. The maximum atomic E-state index is 12.0. The molecule has 2 bridgehead atoms. The monoisotopic (exact) mass is 507 g/mol. The topological polar surface area (TPSA) is 79.2 Å². The van der Waals surface area contributed by atoms with E-state index in [2.05, 4.69) is 27.7 Å². The molecule has 4 fully saturated rings. The number of hydrogen-bond donors (Lipinski definition) is 2. The zero-order chi connectivity index (χ0) is 26.3. The molecule has 2 N–H and O–H groups in total. The van der Waals surface area contributed by atoms with Gasteiger partial charge < -0.3 is 14.9 Å². The fraction of sp³-hybridized carbons (Fsp3) is 0.967. The highest BCUT2D eigenvalue weighted by molar-refractivity contribution is 5.65. The predicted molar refractivity (Wildman–Crippen MR) is 141 cm³/mol. The number of fused-ring (bicyclic) bond motifs is 6. The molecule has 0 saturated heterocycles. The Morgan fingerprint density at radius 3 is 2.47 bits per heavy atom. The van der Waals surface area contributed by atoms with Crippen LogP contribution in [0.2, 0.25) is 0 Å².